The number of morpholine rings is 1. The summed E-state index contributed by atoms with van der Waals surface area (Å²) in [6, 6.07) is 11.7. The van der Waals surface area contributed by atoms with E-state index in [1.54, 1.807) is 23.1 Å². The fraction of sp³-hybridized carbons (Fsp3) is 0.417. The molecule has 0 saturated carbocycles. The number of amides is 1. The number of ether oxygens (including phenoxy) is 2. The van der Waals surface area contributed by atoms with Gasteiger partial charge in [0.25, 0.3) is 5.91 Å². The molecule has 8 heteroatoms. The van der Waals surface area contributed by atoms with Gasteiger partial charge in [-0.05, 0) is 62.7 Å². The van der Waals surface area contributed by atoms with Crippen LogP contribution in [0, 0.1) is 5.82 Å². The molecule has 1 amide bonds. The van der Waals surface area contributed by atoms with E-state index < -0.39 is 0 Å². The maximum Gasteiger partial charge on any atom is 0.260 e. The number of benzene rings is 2. The lowest BCUT2D eigenvalue weighted by atomic mass is 10.2. The van der Waals surface area contributed by atoms with Crippen LogP contribution in [0.15, 0.2) is 42.5 Å². The molecule has 1 aliphatic heterocycles. The second-order valence-electron chi connectivity index (χ2n) is 8.06. The smallest absolute Gasteiger partial charge is 0.260 e. The summed E-state index contributed by atoms with van der Waals surface area (Å²) < 4.78 is 25.5. The van der Waals surface area contributed by atoms with Gasteiger partial charge in [-0.3, -0.25) is 14.6 Å². The van der Waals surface area contributed by atoms with Crippen LogP contribution in [0.2, 0.25) is 0 Å². The third-order valence-corrected chi connectivity index (χ3v) is 6.29. The zero-order valence-corrected chi connectivity index (χ0v) is 19.2. The van der Waals surface area contributed by atoms with E-state index in [4.69, 9.17) is 9.47 Å². The fourth-order valence-corrected chi connectivity index (χ4v) is 4.68. The number of fused-ring (bicyclic) bond motifs is 1. The molecule has 170 valence electrons. The molecule has 3 aromatic rings. The van der Waals surface area contributed by atoms with Crippen molar-refractivity contribution in [2.45, 2.75) is 26.4 Å². The average Bonchev–Trinajstić information content (AvgIpc) is 3.20. The topological polar surface area (TPSA) is 54.9 Å². The highest BCUT2D eigenvalue weighted by atomic mass is 32.1. The number of aromatic nitrogens is 1. The van der Waals surface area contributed by atoms with Gasteiger partial charge in [0.05, 0.1) is 29.5 Å². The van der Waals surface area contributed by atoms with Gasteiger partial charge in [-0.25, -0.2) is 9.37 Å². The lowest BCUT2D eigenvalue weighted by molar-refractivity contribution is 0.0376. The van der Waals surface area contributed by atoms with Gasteiger partial charge in [0.15, 0.2) is 5.13 Å². The number of hydrogen-bond donors (Lipinski definition) is 0. The molecule has 1 saturated heterocycles. The van der Waals surface area contributed by atoms with Gasteiger partial charge in [0, 0.05) is 31.7 Å². The van der Waals surface area contributed by atoms with Crippen molar-refractivity contribution in [3.05, 3.63) is 53.8 Å². The minimum absolute atomic E-state index is 0.0661. The number of carbonyl (C=O) groups excluding carboxylic acids is 1. The van der Waals surface area contributed by atoms with E-state index in [0.29, 0.717) is 22.8 Å². The Balaban J connectivity index is 1.54. The minimum atomic E-state index is -0.307. The van der Waals surface area contributed by atoms with Crippen molar-refractivity contribution >= 4 is 32.6 Å². The number of rotatable bonds is 8. The summed E-state index contributed by atoms with van der Waals surface area (Å²) >= 11 is 1.34. The second-order valence-corrected chi connectivity index (χ2v) is 9.07. The van der Waals surface area contributed by atoms with Crippen molar-refractivity contribution in [2.75, 3.05) is 44.3 Å². The molecule has 1 aliphatic rings. The van der Waals surface area contributed by atoms with Crippen molar-refractivity contribution in [1.82, 2.24) is 9.88 Å². The molecule has 0 aliphatic carbocycles. The van der Waals surface area contributed by atoms with Crippen LogP contribution in [0.1, 0.15) is 30.6 Å². The summed E-state index contributed by atoms with van der Waals surface area (Å²) in [6.07, 6.45) is 0.876. The maximum absolute atomic E-state index is 13.7. The van der Waals surface area contributed by atoms with E-state index in [2.05, 4.69) is 9.88 Å². The van der Waals surface area contributed by atoms with Crippen molar-refractivity contribution in [3.8, 4) is 5.75 Å². The average molecular weight is 458 g/mol. The molecule has 2 heterocycles. The molecular weight excluding hydrogens is 429 g/mol. The zero-order chi connectivity index (χ0) is 22.5. The van der Waals surface area contributed by atoms with Crippen LogP contribution in [-0.2, 0) is 4.74 Å². The Kier molecular flexibility index (Phi) is 7.34. The SMILES string of the molecule is CC(C)Oc1ccc(C(=O)N(CCCN2CCOCC2)c2nc3ccc(F)cc3s2)cc1. The third-order valence-electron chi connectivity index (χ3n) is 5.25. The van der Waals surface area contributed by atoms with Crippen molar-refractivity contribution in [2.24, 2.45) is 0 Å². The van der Waals surface area contributed by atoms with Gasteiger partial charge >= 0.3 is 0 Å². The second kappa shape index (κ2) is 10.4. The molecule has 1 aromatic heterocycles. The molecule has 32 heavy (non-hydrogen) atoms. The Morgan fingerprint density at radius 2 is 1.97 bits per heavy atom. The number of nitrogens with zero attached hydrogens (tertiary/aromatic N) is 3. The molecule has 1 fully saturated rings. The van der Waals surface area contributed by atoms with E-state index in [-0.39, 0.29) is 17.8 Å². The van der Waals surface area contributed by atoms with Crippen molar-refractivity contribution in [1.29, 1.82) is 0 Å². The van der Waals surface area contributed by atoms with E-state index in [1.165, 1.54) is 23.5 Å². The number of halogens is 1. The molecule has 0 unspecified atom stereocenters. The lowest BCUT2D eigenvalue weighted by Crippen LogP contribution is -2.39. The van der Waals surface area contributed by atoms with Crippen LogP contribution in [0.3, 0.4) is 0 Å². The maximum atomic E-state index is 13.7. The Bertz CT molecular complexity index is 1050. The molecule has 0 bridgehead atoms. The van der Waals surface area contributed by atoms with Crippen molar-refractivity contribution < 1.29 is 18.7 Å². The summed E-state index contributed by atoms with van der Waals surface area (Å²) in [5.74, 6) is 0.298. The van der Waals surface area contributed by atoms with Gasteiger partial charge in [0.1, 0.15) is 11.6 Å². The summed E-state index contributed by atoms with van der Waals surface area (Å²) in [5, 5.41) is 0.583. The van der Waals surface area contributed by atoms with E-state index >= 15 is 0 Å². The molecule has 0 spiro atoms. The molecule has 4 rings (SSSR count). The van der Waals surface area contributed by atoms with Gasteiger partial charge in [-0.2, -0.15) is 0 Å². The first kappa shape index (κ1) is 22.6. The fourth-order valence-electron chi connectivity index (χ4n) is 3.67. The van der Waals surface area contributed by atoms with Crippen LogP contribution in [0.5, 0.6) is 5.75 Å². The van der Waals surface area contributed by atoms with E-state index in [0.717, 1.165) is 49.7 Å². The van der Waals surface area contributed by atoms with Crippen LogP contribution in [0.4, 0.5) is 9.52 Å². The Morgan fingerprint density at radius 1 is 1.22 bits per heavy atom. The van der Waals surface area contributed by atoms with Crippen LogP contribution in [0.25, 0.3) is 10.2 Å². The van der Waals surface area contributed by atoms with E-state index in [9.17, 15) is 9.18 Å². The zero-order valence-electron chi connectivity index (χ0n) is 18.4. The van der Waals surface area contributed by atoms with Crippen LogP contribution in [-0.4, -0.2) is 61.3 Å². The molecule has 0 atom stereocenters. The standard InChI is InChI=1S/C24H28FN3O3S/c1-17(2)31-20-7-4-18(5-8-20)23(29)28(11-3-10-27-12-14-30-15-13-27)24-26-21-9-6-19(25)16-22(21)32-24/h4-9,16-17H,3,10-15H2,1-2H3. The predicted octanol–water partition coefficient (Wildman–Crippen LogP) is 4.59. The third kappa shape index (κ3) is 5.62. The summed E-state index contributed by atoms with van der Waals surface area (Å²) in [7, 11) is 0. The highest BCUT2D eigenvalue weighted by molar-refractivity contribution is 7.22. The molecular formula is C24H28FN3O3S. The first-order chi connectivity index (χ1) is 15.5. The first-order valence-electron chi connectivity index (χ1n) is 10.9. The largest absolute Gasteiger partial charge is 0.491 e. The molecule has 0 N–H and O–H groups in total. The number of thiazole rings is 1. The summed E-state index contributed by atoms with van der Waals surface area (Å²) in [5.41, 5.74) is 1.26. The van der Waals surface area contributed by atoms with Crippen LogP contribution < -0.4 is 9.64 Å². The van der Waals surface area contributed by atoms with Gasteiger partial charge in [0.2, 0.25) is 0 Å². The lowest BCUT2D eigenvalue weighted by Gasteiger charge is -2.27. The molecule has 2 aromatic carbocycles. The summed E-state index contributed by atoms with van der Waals surface area (Å²) in [4.78, 5) is 22.1. The Morgan fingerprint density at radius 3 is 2.69 bits per heavy atom. The Hall–Kier alpha value is -2.55. The highest BCUT2D eigenvalue weighted by Crippen LogP contribution is 2.30. The van der Waals surface area contributed by atoms with E-state index in [1.807, 2.05) is 26.0 Å². The number of hydrogen-bond acceptors (Lipinski definition) is 6. The first-order valence-corrected chi connectivity index (χ1v) is 11.8. The van der Waals surface area contributed by atoms with Gasteiger partial charge in [-0.15, -0.1) is 0 Å². The summed E-state index contributed by atoms with van der Waals surface area (Å²) in [6.45, 7) is 8.65. The molecule has 6 nitrogen and oxygen atoms in total. The number of anilines is 1. The normalized spacial score (nSPS) is 14.8. The monoisotopic (exact) mass is 457 g/mol. The van der Waals surface area contributed by atoms with Gasteiger partial charge in [-0.1, -0.05) is 11.3 Å². The quantitative estimate of drug-likeness (QED) is 0.495. The van der Waals surface area contributed by atoms with Gasteiger partial charge < -0.3 is 9.47 Å². The predicted molar refractivity (Wildman–Crippen MR) is 125 cm³/mol. The Labute approximate surface area is 191 Å². The minimum Gasteiger partial charge on any atom is -0.491 e. The van der Waals surface area contributed by atoms with Crippen LogP contribution >= 0.6 is 11.3 Å². The van der Waals surface area contributed by atoms with Crippen molar-refractivity contribution in [3.63, 3.8) is 0 Å². The molecule has 0 radical (unpaired) electrons. The number of carbonyl (C=O) groups is 1. The highest BCUT2D eigenvalue weighted by Gasteiger charge is 2.22.